The van der Waals surface area contributed by atoms with Gasteiger partial charge in [-0.1, -0.05) is 59.8 Å². The molecule has 0 bridgehead atoms. The third-order valence-corrected chi connectivity index (χ3v) is 5.12. The van der Waals surface area contributed by atoms with Crippen molar-refractivity contribution >= 4 is 28.4 Å². The average Bonchev–Trinajstić information content (AvgIpc) is 2.69. The van der Waals surface area contributed by atoms with E-state index in [0.29, 0.717) is 18.2 Å². The normalized spacial score (nSPS) is 16.5. The Hall–Kier alpha value is -2.73. The largest absolute Gasteiger partial charge is 0.478 e. The molecule has 3 rings (SSSR count). The van der Waals surface area contributed by atoms with Gasteiger partial charge in [-0.15, -0.1) is 0 Å². The number of anilines is 1. The lowest BCUT2D eigenvalue weighted by atomic mass is 10.1. The second kappa shape index (κ2) is 8.77. The number of carbonyl (C=O) groups excluding carboxylic acids is 1. The van der Waals surface area contributed by atoms with E-state index in [2.05, 4.69) is 5.10 Å². The quantitative estimate of drug-likeness (QED) is 0.818. The van der Waals surface area contributed by atoms with Crippen molar-refractivity contribution in [2.45, 2.75) is 19.6 Å². The zero-order valence-corrected chi connectivity index (χ0v) is 16.3. The molecule has 0 radical (unpaired) electrons. The number of hydrogen-bond donors (Lipinski definition) is 1. The summed E-state index contributed by atoms with van der Waals surface area (Å²) < 4.78 is 5.72. The van der Waals surface area contributed by atoms with Gasteiger partial charge in [0.05, 0.1) is 12.3 Å². The average molecular weight is 382 g/mol. The van der Waals surface area contributed by atoms with Gasteiger partial charge in [-0.2, -0.15) is 10.1 Å². The summed E-state index contributed by atoms with van der Waals surface area (Å²) in [5.41, 5.74) is 9.26. The number of para-hydroxylation sites is 1. The molecule has 0 aliphatic carbocycles. The van der Waals surface area contributed by atoms with Crippen molar-refractivity contribution < 1.29 is 9.53 Å². The number of hydrogen-bond acceptors (Lipinski definition) is 6. The Morgan fingerprint density at radius 3 is 2.56 bits per heavy atom. The minimum Gasteiger partial charge on any atom is -0.478 e. The zero-order valence-electron chi connectivity index (χ0n) is 15.5. The van der Waals surface area contributed by atoms with Crippen molar-refractivity contribution in [3.63, 3.8) is 0 Å². The van der Waals surface area contributed by atoms with E-state index >= 15 is 0 Å². The van der Waals surface area contributed by atoms with E-state index < -0.39 is 5.92 Å². The molecule has 6 heteroatoms. The first kappa shape index (κ1) is 19.0. The highest BCUT2D eigenvalue weighted by Crippen LogP contribution is 2.28. The summed E-state index contributed by atoms with van der Waals surface area (Å²) in [5, 5.41) is 6.01. The van der Waals surface area contributed by atoms with Gasteiger partial charge in [-0.3, -0.25) is 4.79 Å². The van der Waals surface area contributed by atoms with E-state index in [1.165, 1.54) is 17.3 Å². The number of carbonyl (C=O) groups is 1. The third kappa shape index (κ3) is 4.71. The number of rotatable bonds is 6. The maximum atomic E-state index is 12.7. The van der Waals surface area contributed by atoms with Gasteiger partial charge in [0.2, 0.25) is 11.0 Å². The van der Waals surface area contributed by atoms with E-state index in [4.69, 9.17) is 10.5 Å². The van der Waals surface area contributed by atoms with Crippen LogP contribution in [-0.2, 0) is 15.3 Å². The minimum absolute atomic E-state index is 0.0401. The predicted molar refractivity (Wildman–Crippen MR) is 111 cm³/mol. The Kier molecular flexibility index (Phi) is 6.19. The second-order valence-corrected chi connectivity index (χ2v) is 7.16. The number of aryl methyl sites for hydroxylation is 1. The van der Waals surface area contributed by atoms with E-state index in [1.807, 2.05) is 68.4 Å². The van der Waals surface area contributed by atoms with Crippen LogP contribution in [0.2, 0.25) is 0 Å². The summed E-state index contributed by atoms with van der Waals surface area (Å²) in [4.78, 5) is 12.7. The highest BCUT2D eigenvalue weighted by atomic mass is 32.2. The topological polar surface area (TPSA) is 67.9 Å². The highest BCUT2D eigenvalue weighted by Gasteiger charge is 2.29. The molecular weight excluding hydrogens is 358 g/mol. The zero-order chi connectivity index (χ0) is 19.2. The van der Waals surface area contributed by atoms with Gasteiger partial charge in [0.1, 0.15) is 11.8 Å². The predicted octanol–water partition coefficient (Wildman–Crippen LogP) is 4.04. The van der Waals surface area contributed by atoms with Crippen LogP contribution in [0.3, 0.4) is 0 Å². The lowest BCUT2D eigenvalue weighted by Crippen LogP contribution is -2.37. The van der Waals surface area contributed by atoms with Crippen molar-refractivity contribution in [1.82, 2.24) is 0 Å². The molecule has 1 heterocycles. The molecule has 2 N–H and O–H groups in total. The SMILES string of the molecule is CCOC1=CC(C(=O)SCc2ccc(C)cc2)C(N)=NN1c1ccccc1. The summed E-state index contributed by atoms with van der Waals surface area (Å²) in [6.07, 6.45) is 1.75. The van der Waals surface area contributed by atoms with E-state index in [9.17, 15) is 4.79 Å². The van der Waals surface area contributed by atoms with Crippen molar-refractivity contribution in [3.8, 4) is 0 Å². The monoisotopic (exact) mass is 381 g/mol. The van der Waals surface area contributed by atoms with Crippen molar-refractivity contribution in [2.75, 3.05) is 11.6 Å². The van der Waals surface area contributed by atoms with Gasteiger partial charge in [-0.05, 0) is 37.6 Å². The molecule has 0 amide bonds. The number of ether oxygens (including phenoxy) is 1. The summed E-state index contributed by atoms with van der Waals surface area (Å²) in [6, 6.07) is 17.7. The molecule has 5 nitrogen and oxygen atoms in total. The Labute approximate surface area is 163 Å². The summed E-state index contributed by atoms with van der Waals surface area (Å²) >= 11 is 1.24. The lowest BCUT2D eigenvalue weighted by Gasteiger charge is -2.28. The van der Waals surface area contributed by atoms with Crippen LogP contribution in [0.5, 0.6) is 0 Å². The van der Waals surface area contributed by atoms with Gasteiger partial charge in [-0.25, -0.2) is 0 Å². The Bertz CT molecular complexity index is 847. The second-order valence-electron chi connectivity index (χ2n) is 6.18. The summed E-state index contributed by atoms with van der Waals surface area (Å²) in [5.74, 6) is 0.793. The molecule has 1 aliphatic heterocycles. The van der Waals surface area contributed by atoms with Crippen molar-refractivity contribution in [1.29, 1.82) is 0 Å². The molecule has 1 aliphatic rings. The standard InChI is InChI=1S/C21H23N3O2S/c1-3-26-19-13-18(20(22)23-24(19)17-7-5-4-6-8-17)21(25)27-14-16-11-9-15(2)10-12-16/h4-13,18H,3,14H2,1-2H3,(H2,22,23). The molecule has 0 fully saturated rings. The van der Waals surface area contributed by atoms with Gasteiger partial charge >= 0.3 is 0 Å². The van der Waals surface area contributed by atoms with Crippen LogP contribution in [0.15, 0.2) is 71.7 Å². The molecule has 0 saturated heterocycles. The number of nitrogens with zero attached hydrogens (tertiary/aromatic N) is 2. The fourth-order valence-electron chi connectivity index (χ4n) is 2.65. The number of benzene rings is 2. The third-order valence-electron chi connectivity index (χ3n) is 4.10. The highest BCUT2D eigenvalue weighted by molar-refractivity contribution is 8.13. The van der Waals surface area contributed by atoms with E-state index in [1.54, 1.807) is 11.1 Å². The molecule has 0 spiro atoms. The van der Waals surface area contributed by atoms with Crippen LogP contribution in [0.4, 0.5) is 5.69 Å². The Morgan fingerprint density at radius 1 is 1.19 bits per heavy atom. The molecule has 0 saturated carbocycles. The van der Waals surface area contributed by atoms with Crippen LogP contribution in [0.1, 0.15) is 18.1 Å². The lowest BCUT2D eigenvalue weighted by molar-refractivity contribution is -0.111. The Balaban J connectivity index is 1.75. The molecule has 1 unspecified atom stereocenters. The molecule has 27 heavy (non-hydrogen) atoms. The van der Waals surface area contributed by atoms with E-state index in [-0.39, 0.29) is 11.0 Å². The van der Waals surface area contributed by atoms with E-state index in [0.717, 1.165) is 11.3 Å². The summed E-state index contributed by atoms with van der Waals surface area (Å²) in [7, 11) is 0. The maximum Gasteiger partial charge on any atom is 0.212 e. The van der Waals surface area contributed by atoms with Gasteiger partial charge in [0, 0.05) is 5.75 Å². The van der Waals surface area contributed by atoms with Crippen LogP contribution in [-0.4, -0.2) is 17.6 Å². The maximum absolute atomic E-state index is 12.7. The fraction of sp³-hybridized carbons (Fsp3) is 0.238. The first-order valence-electron chi connectivity index (χ1n) is 8.84. The smallest absolute Gasteiger partial charge is 0.212 e. The van der Waals surface area contributed by atoms with Crippen molar-refractivity contribution in [3.05, 3.63) is 77.7 Å². The number of nitrogens with two attached hydrogens (primary N) is 1. The molecule has 2 aromatic carbocycles. The van der Waals surface area contributed by atoms with Crippen LogP contribution in [0, 0.1) is 12.8 Å². The molecule has 2 aromatic rings. The molecule has 1 atom stereocenters. The molecule has 0 aromatic heterocycles. The number of thioether (sulfide) groups is 1. The fourth-order valence-corrected chi connectivity index (χ4v) is 3.52. The van der Waals surface area contributed by atoms with Crippen LogP contribution in [0.25, 0.3) is 0 Å². The van der Waals surface area contributed by atoms with Crippen LogP contribution < -0.4 is 10.7 Å². The Morgan fingerprint density at radius 2 is 1.89 bits per heavy atom. The number of amidine groups is 1. The minimum atomic E-state index is -0.595. The first-order valence-corrected chi connectivity index (χ1v) is 9.83. The summed E-state index contributed by atoms with van der Waals surface area (Å²) in [6.45, 7) is 4.41. The van der Waals surface area contributed by atoms with Gasteiger partial charge < -0.3 is 10.5 Å². The van der Waals surface area contributed by atoms with Crippen LogP contribution >= 0.6 is 11.8 Å². The van der Waals surface area contributed by atoms with Gasteiger partial charge in [0.25, 0.3) is 0 Å². The first-order chi connectivity index (χ1) is 13.1. The number of hydrazone groups is 1. The molecular formula is C21H23N3O2S. The van der Waals surface area contributed by atoms with Crippen molar-refractivity contribution in [2.24, 2.45) is 16.8 Å². The molecule has 140 valence electrons. The van der Waals surface area contributed by atoms with Gasteiger partial charge in [0.15, 0.2) is 0 Å².